The Morgan fingerprint density at radius 2 is 1.83 bits per heavy atom. The van der Waals surface area contributed by atoms with Gasteiger partial charge in [-0.1, -0.05) is 19.1 Å². The first-order valence-electron chi connectivity index (χ1n) is 5.65. The van der Waals surface area contributed by atoms with E-state index >= 15 is 0 Å². The van der Waals surface area contributed by atoms with Crippen molar-refractivity contribution in [2.75, 3.05) is 18.1 Å². The quantitative estimate of drug-likeness (QED) is 0.811. The molecule has 0 spiro atoms. The van der Waals surface area contributed by atoms with Crippen molar-refractivity contribution in [2.24, 2.45) is 0 Å². The van der Waals surface area contributed by atoms with Gasteiger partial charge in [0.05, 0.1) is 5.56 Å². The van der Waals surface area contributed by atoms with E-state index in [4.69, 9.17) is 0 Å². The summed E-state index contributed by atoms with van der Waals surface area (Å²) in [6.45, 7) is 2.94. The van der Waals surface area contributed by atoms with E-state index in [0.29, 0.717) is 24.6 Å². The van der Waals surface area contributed by atoms with Crippen molar-refractivity contribution in [2.45, 2.75) is 19.6 Å². The molecule has 1 aromatic carbocycles. The fourth-order valence-corrected chi connectivity index (χ4v) is 2.04. The van der Waals surface area contributed by atoms with E-state index in [9.17, 15) is 17.4 Å². The summed E-state index contributed by atoms with van der Waals surface area (Å²) >= 11 is 0. The van der Waals surface area contributed by atoms with Crippen LogP contribution in [-0.2, 0) is 23.5 Å². The number of halogens is 3. The molecular weight excluding hydrogens is 263 g/mol. The molecule has 102 valence electrons. The van der Waals surface area contributed by atoms with Gasteiger partial charge in [-0.05, 0) is 17.7 Å². The first kappa shape index (κ1) is 15.2. The van der Waals surface area contributed by atoms with Gasteiger partial charge in [0.1, 0.15) is 0 Å². The SMILES string of the molecule is CCS(=O)CCNCc1ccc(C(F)(F)F)cc1. The average Bonchev–Trinajstić information content (AvgIpc) is 2.33. The van der Waals surface area contributed by atoms with Gasteiger partial charge in [-0.3, -0.25) is 4.21 Å². The van der Waals surface area contributed by atoms with Crippen LogP contribution in [-0.4, -0.2) is 22.3 Å². The summed E-state index contributed by atoms with van der Waals surface area (Å²) in [6.07, 6.45) is -4.29. The minimum Gasteiger partial charge on any atom is -0.312 e. The van der Waals surface area contributed by atoms with Gasteiger partial charge in [0.15, 0.2) is 0 Å². The summed E-state index contributed by atoms with van der Waals surface area (Å²) in [6, 6.07) is 5.04. The first-order chi connectivity index (χ1) is 8.43. The lowest BCUT2D eigenvalue weighted by atomic mass is 10.1. The van der Waals surface area contributed by atoms with Crippen molar-refractivity contribution in [3.63, 3.8) is 0 Å². The van der Waals surface area contributed by atoms with Gasteiger partial charge in [-0.15, -0.1) is 0 Å². The van der Waals surface area contributed by atoms with Gasteiger partial charge in [0, 0.05) is 35.4 Å². The Hall–Kier alpha value is -0.880. The van der Waals surface area contributed by atoms with Gasteiger partial charge in [0.25, 0.3) is 0 Å². The standard InChI is InChI=1S/C12H16F3NOS/c1-2-18(17)8-7-16-9-10-3-5-11(6-4-10)12(13,14)15/h3-6,16H,2,7-9H2,1H3. The zero-order chi connectivity index (χ0) is 13.6. The largest absolute Gasteiger partial charge is 0.416 e. The maximum absolute atomic E-state index is 12.3. The minimum atomic E-state index is -4.29. The van der Waals surface area contributed by atoms with Crippen LogP contribution in [0.4, 0.5) is 13.2 Å². The molecule has 0 aliphatic rings. The summed E-state index contributed by atoms with van der Waals surface area (Å²) in [4.78, 5) is 0. The molecule has 18 heavy (non-hydrogen) atoms. The van der Waals surface area contributed by atoms with E-state index in [-0.39, 0.29) is 0 Å². The molecule has 0 bridgehead atoms. The summed E-state index contributed by atoms with van der Waals surface area (Å²) in [5.41, 5.74) is 0.142. The summed E-state index contributed by atoms with van der Waals surface area (Å²) in [5, 5.41) is 3.05. The highest BCUT2D eigenvalue weighted by atomic mass is 32.2. The maximum Gasteiger partial charge on any atom is 0.416 e. The lowest BCUT2D eigenvalue weighted by Crippen LogP contribution is -2.20. The second-order valence-electron chi connectivity index (χ2n) is 3.80. The summed E-state index contributed by atoms with van der Waals surface area (Å²) in [5.74, 6) is 1.19. The van der Waals surface area contributed by atoms with E-state index < -0.39 is 22.5 Å². The molecule has 0 saturated heterocycles. The van der Waals surface area contributed by atoms with E-state index in [0.717, 1.165) is 17.7 Å². The van der Waals surface area contributed by atoms with Crippen LogP contribution in [0.25, 0.3) is 0 Å². The van der Waals surface area contributed by atoms with Crippen LogP contribution in [0.3, 0.4) is 0 Å². The molecule has 0 heterocycles. The molecule has 1 atom stereocenters. The van der Waals surface area contributed by atoms with E-state index in [1.807, 2.05) is 6.92 Å². The van der Waals surface area contributed by atoms with Crippen LogP contribution >= 0.6 is 0 Å². The Bertz CT molecular complexity index is 389. The molecule has 0 amide bonds. The van der Waals surface area contributed by atoms with Crippen LogP contribution in [0.15, 0.2) is 24.3 Å². The van der Waals surface area contributed by atoms with Gasteiger partial charge < -0.3 is 5.32 Å². The number of alkyl halides is 3. The zero-order valence-electron chi connectivity index (χ0n) is 10.1. The fourth-order valence-electron chi connectivity index (χ4n) is 1.37. The topological polar surface area (TPSA) is 29.1 Å². The second-order valence-corrected chi connectivity index (χ2v) is 5.67. The van der Waals surface area contributed by atoms with E-state index in [1.54, 1.807) is 0 Å². The minimum absolute atomic E-state index is 0.485. The van der Waals surface area contributed by atoms with Gasteiger partial charge in [0.2, 0.25) is 0 Å². The zero-order valence-corrected chi connectivity index (χ0v) is 10.9. The highest BCUT2D eigenvalue weighted by molar-refractivity contribution is 7.84. The average molecular weight is 279 g/mol. The Morgan fingerprint density at radius 1 is 1.22 bits per heavy atom. The number of hydrogen-bond donors (Lipinski definition) is 1. The Balaban J connectivity index is 2.38. The molecule has 0 fully saturated rings. The van der Waals surface area contributed by atoms with Crippen LogP contribution < -0.4 is 5.32 Å². The molecule has 0 aliphatic heterocycles. The molecular formula is C12H16F3NOS. The molecule has 6 heteroatoms. The van der Waals surface area contributed by atoms with Crippen molar-refractivity contribution < 1.29 is 17.4 Å². The number of rotatable bonds is 6. The Kier molecular flexibility index (Phi) is 5.81. The lowest BCUT2D eigenvalue weighted by Gasteiger charge is -2.08. The highest BCUT2D eigenvalue weighted by Gasteiger charge is 2.29. The van der Waals surface area contributed by atoms with Gasteiger partial charge in [-0.2, -0.15) is 13.2 Å². The third kappa shape index (κ3) is 5.18. The molecule has 0 aliphatic carbocycles. The van der Waals surface area contributed by atoms with Crippen LogP contribution in [0, 0.1) is 0 Å². The monoisotopic (exact) mass is 279 g/mol. The predicted molar refractivity (Wildman–Crippen MR) is 66.7 cm³/mol. The smallest absolute Gasteiger partial charge is 0.312 e. The molecule has 1 rings (SSSR count). The number of hydrogen-bond acceptors (Lipinski definition) is 2. The van der Waals surface area contributed by atoms with Gasteiger partial charge >= 0.3 is 6.18 Å². The van der Waals surface area contributed by atoms with Crippen molar-refractivity contribution in [1.82, 2.24) is 5.32 Å². The van der Waals surface area contributed by atoms with Gasteiger partial charge in [-0.25, -0.2) is 0 Å². The number of benzene rings is 1. The van der Waals surface area contributed by atoms with Crippen LogP contribution in [0.5, 0.6) is 0 Å². The third-order valence-electron chi connectivity index (χ3n) is 2.44. The maximum atomic E-state index is 12.3. The third-order valence-corrected chi connectivity index (χ3v) is 3.74. The van der Waals surface area contributed by atoms with E-state index in [1.165, 1.54) is 12.1 Å². The molecule has 0 radical (unpaired) electrons. The predicted octanol–water partition coefficient (Wildman–Crippen LogP) is 2.56. The van der Waals surface area contributed by atoms with Crippen LogP contribution in [0.1, 0.15) is 18.1 Å². The second kappa shape index (κ2) is 6.89. The van der Waals surface area contributed by atoms with Crippen LogP contribution in [0.2, 0.25) is 0 Å². The molecule has 1 aromatic rings. The summed E-state index contributed by atoms with van der Waals surface area (Å²) in [7, 11) is -0.812. The molecule has 0 aromatic heterocycles. The highest BCUT2D eigenvalue weighted by Crippen LogP contribution is 2.28. The molecule has 2 nitrogen and oxygen atoms in total. The number of nitrogens with one attached hydrogen (secondary N) is 1. The normalized spacial score (nSPS) is 13.6. The van der Waals surface area contributed by atoms with Crippen molar-refractivity contribution in [3.05, 3.63) is 35.4 Å². The summed E-state index contributed by atoms with van der Waals surface area (Å²) < 4.78 is 48.0. The van der Waals surface area contributed by atoms with E-state index in [2.05, 4.69) is 5.32 Å². The molecule has 1 unspecified atom stereocenters. The molecule has 0 saturated carbocycles. The lowest BCUT2D eigenvalue weighted by molar-refractivity contribution is -0.137. The Morgan fingerprint density at radius 3 is 2.33 bits per heavy atom. The van der Waals surface area contributed by atoms with Crippen molar-refractivity contribution in [3.8, 4) is 0 Å². The Labute approximate surface area is 107 Å². The first-order valence-corrected chi connectivity index (χ1v) is 7.14. The van der Waals surface area contributed by atoms with Crippen molar-refractivity contribution >= 4 is 10.8 Å². The molecule has 1 N–H and O–H groups in total. The fraction of sp³-hybridized carbons (Fsp3) is 0.500. The van der Waals surface area contributed by atoms with Crippen molar-refractivity contribution in [1.29, 1.82) is 0 Å².